The standard InChI is InChI=1S/C21H24N2O7/c1-3-18(23(28)29)14(2)30-22(20(25)16-7-5-4-6-8-16)19(21(26)27)13-15-9-11-17(24)12-10-15/h4-12,14,18-19,24H,3,13H2,1-2H3,(H,26,27)/t14?,18?,19-/m0/s1. The first-order valence-electron chi connectivity index (χ1n) is 9.44. The van der Waals surface area contributed by atoms with Crippen molar-refractivity contribution in [3.63, 3.8) is 0 Å². The van der Waals surface area contributed by atoms with E-state index in [2.05, 4.69) is 0 Å². The first-order chi connectivity index (χ1) is 14.2. The largest absolute Gasteiger partial charge is 0.508 e. The van der Waals surface area contributed by atoms with E-state index in [0.717, 1.165) is 0 Å². The van der Waals surface area contributed by atoms with Crippen molar-refractivity contribution in [1.29, 1.82) is 0 Å². The number of aliphatic carboxylic acids is 1. The minimum Gasteiger partial charge on any atom is -0.508 e. The van der Waals surface area contributed by atoms with Crippen molar-refractivity contribution < 1.29 is 29.6 Å². The Balaban J connectivity index is 2.40. The van der Waals surface area contributed by atoms with E-state index in [1.807, 2.05) is 0 Å². The third kappa shape index (κ3) is 5.77. The van der Waals surface area contributed by atoms with Gasteiger partial charge in [0.15, 0.2) is 6.04 Å². The number of phenolic OH excluding ortho intramolecular Hbond substituents is 1. The number of rotatable bonds is 10. The maximum atomic E-state index is 13.1. The molecule has 0 aliphatic heterocycles. The number of carboxylic acids is 1. The Morgan fingerprint density at radius 2 is 1.73 bits per heavy atom. The summed E-state index contributed by atoms with van der Waals surface area (Å²) in [4.78, 5) is 41.5. The minimum absolute atomic E-state index is 0.0180. The predicted octanol–water partition coefficient (Wildman–Crippen LogP) is 2.91. The van der Waals surface area contributed by atoms with Crippen molar-refractivity contribution >= 4 is 11.9 Å². The summed E-state index contributed by atoms with van der Waals surface area (Å²) in [7, 11) is 0. The molecule has 0 bridgehead atoms. The molecule has 0 heterocycles. The van der Waals surface area contributed by atoms with Crippen LogP contribution in [0.25, 0.3) is 0 Å². The van der Waals surface area contributed by atoms with Gasteiger partial charge < -0.3 is 10.2 Å². The molecule has 9 heteroatoms. The van der Waals surface area contributed by atoms with Gasteiger partial charge in [-0.25, -0.2) is 9.86 Å². The van der Waals surface area contributed by atoms with Gasteiger partial charge >= 0.3 is 5.97 Å². The van der Waals surface area contributed by atoms with E-state index in [9.17, 15) is 29.9 Å². The number of nitro groups is 1. The summed E-state index contributed by atoms with van der Waals surface area (Å²) in [5, 5.41) is 31.3. The van der Waals surface area contributed by atoms with Crippen LogP contribution < -0.4 is 0 Å². The number of hydrogen-bond donors (Lipinski definition) is 2. The van der Waals surface area contributed by atoms with Crippen molar-refractivity contribution in [3.8, 4) is 5.75 Å². The Labute approximate surface area is 173 Å². The first-order valence-corrected chi connectivity index (χ1v) is 9.44. The molecule has 2 N–H and O–H groups in total. The summed E-state index contributed by atoms with van der Waals surface area (Å²) in [6.45, 7) is 3.05. The molecule has 0 aliphatic carbocycles. The molecule has 1 amide bonds. The molecule has 2 unspecified atom stereocenters. The molecular weight excluding hydrogens is 392 g/mol. The number of benzene rings is 2. The quantitative estimate of drug-likeness (QED) is 0.450. The summed E-state index contributed by atoms with van der Waals surface area (Å²) >= 11 is 0. The van der Waals surface area contributed by atoms with Gasteiger partial charge in [0.25, 0.3) is 5.91 Å². The monoisotopic (exact) mass is 416 g/mol. The molecule has 0 saturated heterocycles. The number of carbonyl (C=O) groups is 2. The van der Waals surface area contributed by atoms with Crippen LogP contribution >= 0.6 is 0 Å². The molecule has 0 fully saturated rings. The van der Waals surface area contributed by atoms with Crippen molar-refractivity contribution in [2.75, 3.05) is 0 Å². The van der Waals surface area contributed by atoms with E-state index in [1.54, 1.807) is 25.1 Å². The summed E-state index contributed by atoms with van der Waals surface area (Å²) < 4.78 is 0. The van der Waals surface area contributed by atoms with Gasteiger partial charge in [-0.1, -0.05) is 37.3 Å². The van der Waals surface area contributed by atoms with Gasteiger partial charge in [0.2, 0.25) is 6.04 Å². The van der Waals surface area contributed by atoms with E-state index < -0.39 is 35.0 Å². The predicted molar refractivity (Wildman–Crippen MR) is 107 cm³/mol. The number of carbonyl (C=O) groups excluding carboxylic acids is 1. The number of carboxylic acid groups (broad SMARTS) is 1. The van der Waals surface area contributed by atoms with Gasteiger partial charge in [0, 0.05) is 23.3 Å². The highest BCUT2D eigenvalue weighted by Crippen LogP contribution is 2.19. The molecule has 2 aromatic rings. The van der Waals surface area contributed by atoms with E-state index in [0.29, 0.717) is 10.6 Å². The lowest BCUT2D eigenvalue weighted by molar-refractivity contribution is -0.539. The summed E-state index contributed by atoms with van der Waals surface area (Å²) in [6.07, 6.45) is -1.01. The molecule has 3 atom stereocenters. The number of hydroxylamine groups is 2. The lowest BCUT2D eigenvalue weighted by Crippen LogP contribution is -2.50. The van der Waals surface area contributed by atoms with Gasteiger partial charge in [0.05, 0.1) is 0 Å². The SMILES string of the molecule is CCC(C(C)ON(C(=O)c1ccccc1)[C@@H](Cc1ccc(O)cc1)C(=O)O)[N+](=O)[O-]. The summed E-state index contributed by atoms with van der Waals surface area (Å²) in [5.41, 5.74) is 0.736. The highest BCUT2D eigenvalue weighted by atomic mass is 16.7. The van der Waals surface area contributed by atoms with Crippen molar-refractivity contribution in [2.24, 2.45) is 0 Å². The summed E-state index contributed by atoms with van der Waals surface area (Å²) in [5.74, 6) is -2.02. The first kappa shape index (κ1) is 22.8. The molecule has 30 heavy (non-hydrogen) atoms. The number of aromatic hydroxyl groups is 1. The molecule has 0 aliphatic rings. The van der Waals surface area contributed by atoms with Crippen LogP contribution in [-0.4, -0.2) is 50.3 Å². The lowest BCUT2D eigenvalue weighted by atomic mass is 10.0. The highest BCUT2D eigenvalue weighted by Gasteiger charge is 2.37. The van der Waals surface area contributed by atoms with Crippen LogP contribution in [0.4, 0.5) is 0 Å². The van der Waals surface area contributed by atoms with Gasteiger partial charge in [-0.3, -0.25) is 19.7 Å². The van der Waals surface area contributed by atoms with Crippen LogP contribution in [0.1, 0.15) is 36.2 Å². The van der Waals surface area contributed by atoms with Crippen LogP contribution in [0.2, 0.25) is 0 Å². The van der Waals surface area contributed by atoms with Crippen LogP contribution in [-0.2, 0) is 16.1 Å². The molecule has 0 aromatic heterocycles. The zero-order valence-electron chi connectivity index (χ0n) is 16.7. The van der Waals surface area contributed by atoms with Crippen LogP contribution in [0.5, 0.6) is 5.75 Å². The Morgan fingerprint density at radius 3 is 2.23 bits per heavy atom. The Morgan fingerprint density at radius 1 is 1.13 bits per heavy atom. The molecule has 2 rings (SSSR count). The second-order valence-corrected chi connectivity index (χ2v) is 6.79. The minimum atomic E-state index is -1.44. The Kier molecular flexibility index (Phi) is 7.88. The molecule has 9 nitrogen and oxygen atoms in total. The number of amides is 1. The zero-order chi connectivity index (χ0) is 22.3. The van der Waals surface area contributed by atoms with E-state index in [4.69, 9.17) is 4.84 Å². The highest BCUT2D eigenvalue weighted by molar-refractivity contribution is 5.95. The molecule has 160 valence electrons. The van der Waals surface area contributed by atoms with Gasteiger partial charge in [-0.2, -0.15) is 0 Å². The van der Waals surface area contributed by atoms with Gasteiger partial charge in [-0.15, -0.1) is 0 Å². The number of hydrogen-bond acceptors (Lipinski definition) is 6. The van der Waals surface area contributed by atoms with Gasteiger partial charge in [-0.05, 0) is 36.8 Å². The number of nitrogens with zero attached hydrogens (tertiary/aromatic N) is 2. The van der Waals surface area contributed by atoms with Crippen molar-refractivity contribution in [1.82, 2.24) is 5.06 Å². The second kappa shape index (κ2) is 10.4. The summed E-state index contributed by atoms with van der Waals surface area (Å²) in [6, 6.07) is 11.3. The van der Waals surface area contributed by atoms with E-state index in [-0.39, 0.29) is 24.2 Å². The Bertz CT molecular complexity index is 871. The number of phenols is 1. The van der Waals surface area contributed by atoms with Crippen molar-refractivity contribution in [2.45, 2.75) is 44.9 Å². The molecule has 0 spiro atoms. The van der Waals surface area contributed by atoms with Gasteiger partial charge in [0.1, 0.15) is 11.9 Å². The van der Waals surface area contributed by atoms with E-state index in [1.165, 1.54) is 43.3 Å². The normalized spacial score (nSPS) is 13.8. The van der Waals surface area contributed by atoms with Crippen LogP contribution in [0, 0.1) is 10.1 Å². The Hall–Kier alpha value is -3.46. The van der Waals surface area contributed by atoms with Crippen LogP contribution in [0.15, 0.2) is 54.6 Å². The second-order valence-electron chi connectivity index (χ2n) is 6.79. The maximum Gasteiger partial charge on any atom is 0.329 e. The fraction of sp³-hybridized carbons (Fsp3) is 0.333. The fourth-order valence-electron chi connectivity index (χ4n) is 3.00. The molecule has 0 saturated carbocycles. The maximum absolute atomic E-state index is 13.1. The lowest BCUT2D eigenvalue weighted by Gasteiger charge is -2.31. The molecule has 0 radical (unpaired) electrons. The third-order valence-electron chi connectivity index (χ3n) is 4.67. The topological polar surface area (TPSA) is 130 Å². The fourth-order valence-corrected chi connectivity index (χ4v) is 3.00. The average molecular weight is 416 g/mol. The average Bonchev–Trinajstić information content (AvgIpc) is 2.72. The molecular formula is C21H24N2O7. The zero-order valence-corrected chi connectivity index (χ0v) is 16.7. The molecule has 2 aromatic carbocycles. The van der Waals surface area contributed by atoms with Crippen molar-refractivity contribution in [3.05, 3.63) is 75.8 Å². The van der Waals surface area contributed by atoms with Crippen LogP contribution in [0.3, 0.4) is 0 Å². The third-order valence-corrected chi connectivity index (χ3v) is 4.67. The van der Waals surface area contributed by atoms with E-state index >= 15 is 0 Å². The smallest absolute Gasteiger partial charge is 0.329 e.